The summed E-state index contributed by atoms with van der Waals surface area (Å²) in [5.41, 5.74) is -0.836. The van der Waals surface area contributed by atoms with Crippen molar-refractivity contribution >= 4 is 11.9 Å². The van der Waals surface area contributed by atoms with Crippen LogP contribution in [0.4, 0.5) is 0 Å². The van der Waals surface area contributed by atoms with Crippen molar-refractivity contribution in [2.75, 3.05) is 6.54 Å². The summed E-state index contributed by atoms with van der Waals surface area (Å²) in [7, 11) is 0. The number of nitrogens with one attached hydrogen (secondary N) is 1. The lowest BCUT2D eigenvalue weighted by Crippen LogP contribution is -2.41. The Hall–Kier alpha value is -1.32. The molecule has 0 spiro atoms. The number of hydrogen-bond acceptors (Lipinski definition) is 2. The number of carboxylic acid groups (broad SMARTS) is 1. The molecule has 0 aromatic rings. The van der Waals surface area contributed by atoms with Crippen molar-refractivity contribution in [3.63, 3.8) is 0 Å². The summed E-state index contributed by atoms with van der Waals surface area (Å²) >= 11 is 0. The Balaban J connectivity index is 4.43. The van der Waals surface area contributed by atoms with Gasteiger partial charge in [-0.1, -0.05) is 19.9 Å². The summed E-state index contributed by atoms with van der Waals surface area (Å²) in [6.45, 7) is 5.56. The van der Waals surface area contributed by atoms with Gasteiger partial charge in [0, 0.05) is 6.54 Å². The second-order valence-corrected chi connectivity index (χ2v) is 3.51. The van der Waals surface area contributed by atoms with Crippen LogP contribution in [-0.4, -0.2) is 23.5 Å². The van der Waals surface area contributed by atoms with Gasteiger partial charge in [0.2, 0.25) is 5.91 Å². The van der Waals surface area contributed by atoms with E-state index in [1.165, 1.54) is 6.08 Å². The van der Waals surface area contributed by atoms with Gasteiger partial charge in [0.1, 0.15) is 0 Å². The van der Waals surface area contributed by atoms with Gasteiger partial charge < -0.3 is 10.4 Å². The first-order valence-electron chi connectivity index (χ1n) is 5.16. The molecule has 86 valence electrons. The normalized spacial score (nSPS) is 11.7. The second-order valence-electron chi connectivity index (χ2n) is 3.51. The molecule has 0 aromatic heterocycles. The van der Waals surface area contributed by atoms with Crippen LogP contribution < -0.4 is 5.32 Å². The average Bonchev–Trinajstić information content (AvgIpc) is 2.20. The van der Waals surface area contributed by atoms with E-state index in [1.807, 2.05) is 13.8 Å². The first-order valence-corrected chi connectivity index (χ1v) is 5.16. The fraction of sp³-hybridized carbons (Fsp3) is 0.636. The molecule has 0 atom stereocenters. The predicted octanol–water partition coefficient (Wildman–Crippen LogP) is 1.57. The highest BCUT2D eigenvalue weighted by atomic mass is 16.4. The molecule has 0 fully saturated rings. The maximum atomic E-state index is 11.2. The Kier molecular flexibility index (Phi) is 5.67. The van der Waals surface area contributed by atoms with Crippen LogP contribution in [-0.2, 0) is 9.59 Å². The quantitative estimate of drug-likeness (QED) is 0.658. The largest absolute Gasteiger partial charge is 0.481 e. The first kappa shape index (κ1) is 13.7. The monoisotopic (exact) mass is 213 g/mol. The van der Waals surface area contributed by atoms with Crippen LogP contribution in [0.25, 0.3) is 0 Å². The highest BCUT2D eigenvalue weighted by Gasteiger charge is 2.34. The number of allylic oxidation sites excluding steroid dienone is 1. The summed E-state index contributed by atoms with van der Waals surface area (Å²) in [6, 6.07) is 0. The minimum absolute atomic E-state index is 0.179. The van der Waals surface area contributed by atoms with Crippen LogP contribution in [0.15, 0.2) is 12.2 Å². The molecule has 0 aliphatic rings. The highest BCUT2D eigenvalue weighted by molar-refractivity contribution is 5.88. The van der Waals surface area contributed by atoms with E-state index in [0.29, 0.717) is 12.8 Å². The van der Waals surface area contributed by atoms with Gasteiger partial charge in [0.25, 0.3) is 0 Å². The number of carboxylic acids is 1. The molecule has 4 heteroatoms. The van der Waals surface area contributed by atoms with Crippen molar-refractivity contribution < 1.29 is 14.7 Å². The lowest BCUT2D eigenvalue weighted by molar-refractivity contribution is -0.149. The van der Waals surface area contributed by atoms with Gasteiger partial charge in [-0.15, -0.1) is 0 Å². The van der Waals surface area contributed by atoms with Gasteiger partial charge in [0.15, 0.2) is 0 Å². The zero-order chi connectivity index (χ0) is 11.9. The van der Waals surface area contributed by atoms with E-state index in [2.05, 4.69) is 5.32 Å². The van der Waals surface area contributed by atoms with E-state index in [9.17, 15) is 9.59 Å². The van der Waals surface area contributed by atoms with Gasteiger partial charge in [-0.05, 0) is 25.8 Å². The Morgan fingerprint density at radius 3 is 2.20 bits per heavy atom. The van der Waals surface area contributed by atoms with Crippen molar-refractivity contribution in [3.8, 4) is 0 Å². The Morgan fingerprint density at radius 2 is 1.87 bits per heavy atom. The smallest absolute Gasteiger partial charge is 0.311 e. The molecular formula is C11H19NO3. The molecule has 0 heterocycles. The van der Waals surface area contributed by atoms with Crippen LogP contribution in [0.1, 0.15) is 33.6 Å². The Labute approximate surface area is 90.4 Å². The predicted molar refractivity (Wildman–Crippen MR) is 58.5 cm³/mol. The average molecular weight is 213 g/mol. The Morgan fingerprint density at radius 1 is 1.33 bits per heavy atom. The Bertz CT molecular complexity index is 255. The molecule has 0 aromatic carbocycles. The van der Waals surface area contributed by atoms with E-state index in [-0.39, 0.29) is 12.5 Å². The minimum atomic E-state index is -0.853. The molecule has 0 bridgehead atoms. The molecule has 4 nitrogen and oxygen atoms in total. The van der Waals surface area contributed by atoms with Crippen molar-refractivity contribution in [1.29, 1.82) is 0 Å². The van der Waals surface area contributed by atoms with Crippen molar-refractivity contribution in [1.82, 2.24) is 5.32 Å². The van der Waals surface area contributed by atoms with E-state index >= 15 is 0 Å². The maximum Gasteiger partial charge on any atom is 0.311 e. The van der Waals surface area contributed by atoms with Crippen molar-refractivity contribution in [2.45, 2.75) is 33.6 Å². The molecule has 0 rings (SSSR count). The number of carbonyl (C=O) groups is 2. The summed E-state index contributed by atoms with van der Waals surface area (Å²) in [5, 5.41) is 11.7. The highest BCUT2D eigenvalue weighted by Crippen LogP contribution is 2.25. The van der Waals surface area contributed by atoms with E-state index in [4.69, 9.17) is 5.11 Å². The molecule has 2 N–H and O–H groups in total. The van der Waals surface area contributed by atoms with Gasteiger partial charge in [0.05, 0.1) is 5.41 Å². The van der Waals surface area contributed by atoms with Gasteiger partial charge in [-0.3, -0.25) is 9.59 Å². The topological polar surface area (TPSA) is 66.4 Å². The van der Waals surface area contributed by atoms with Crippen LogP contribution in [0, 0.1) is 5.41 Å². The number of carbonyl (C=O) groups excluding carboxylic acids is 1. The van der Waals surface area contributed by atoms with Gasteiger partial charge >= 0.3 is 5.97 Å². The van der Waals surface area contributed by atoms with E-state index in [0.717, 1.165) is 0 Å². The third-order valence-electron chi connectivity index (χ3n) is 2.73. The molecule has 0 radical (unpaired) electrons. The number of rotatable bonds is 6. The van der Waals surface area contributed by atoms with Crippen LogP contribution >= 0.6 is 0 Å². The fourth-order valence-electron chi connectivity index (χ4n) is 1.34. The maximum absolute atomic E-state index is 11.2. The summed E-state index contributed by atoms with van der Waals surface area (Å²) < 4.78 is 0. The van der Waals surface area contributed by atoms with Gasteiger partial charge in [-0.25, -0.2) is 0 Å². The zero-order valence-electron chi connectivity index (χ0n) is 9.54. The summed E-state index contributed by atoms with van der Waals surface area (Å²) in [4.78, 5) is 22.2. The first-order chi connectivity index (χ1) is 7.02. The second kappa shape index (κ2) is 6.22. The summed E-state index contributed by atoms with van der Waals surface area (Å²) in [5.74, 6) is -1.10. The molecule has 0 saturated heterocycles. The third-order valence-corrected chi connectivity index (χ3v) is 2.73. The number of amides is 1. The zero-order valence-corrected chi connectivity index (χ0v) is 9.54. The van der Waals surface area contributed by atoms with Crippen LogP contribution in [0.3, 0.4) is 0 Å². The molecule has 15 heavy (non-hydrogen) atoms. The molecule has 1 amide bonds. The molecule has 0 unspecified atom stereocenters. The molecule has 0 saturated carbocycles. The molecular weight excluding hydrogens is 194 g/mol. The van der Waals surface area contributed by atoms with Crippen LogP contribution in [0.5, 0.6) is 0 Å². The molecule has 0 aliphatic heterocycles. The number of aliphatic carboxylic acids is 1. The van der Waals surface area contributed by atoms with Crippen LogP contribution in [0.2, 0.25) is 0 Å². The van der Waals surface area contributed by atoms with Gasteiger partial charge in [-0.2, -0.15) is 0 Å². The fourth-order valence-corrected chi connectivity index (χ4v) is 1.34. The standard InChI is InChI=1S/C11H19NO3/c1-4-7-9(13)12-8-11(5-2,6-3)10(14)15/h4,7H,5-6,8H2,1-3H3,(H,12,13)(H,14,15)/b7-4+. The molecule has 0 aliphatic carbocycles. The van der Waals surface area contributed by atoms with Crippen molar-refractivity contribution in [3.05, 3.63) is 12.2 Å². The van der Waals surface area contributed by atoms with E-state index in [1.54, 1.807) is 13.0 Å². The minimum Gasteiger partial charge on any atom is -0.481 e. The summed E-state index contributed by atoms with van der Waals surface area (Å²) in [6.07, 6.45) is 4.03. The van der Waals surface area contributed by atoms with Crippen molar-refractivity contribution in [2.24, 2.45) is 5.41 Å². The number of hydrogen-bond donors (Lipinski definition) is 2. The lowest BCUT2D eigenvalue weighted by Gasteiger charge is -2.26. The SMILES string of the molecule is C/C=C/C(=O)NCC(CC)(CC)C(=O)O. The van der Waals surface area contributed by atoms with E-state index < -0.39 is 11.4 Å². The third kappa shape index (κ3) is 3.73. The lowest BCUT2D eigenvalue weighted by atomic mass is 9.82.